The fraction of sp³-hybridized carbons (Fsp3) is 0.304. The van der Waals surface area contributed by atoms with Crippen molar-refractivity contribution in [2.75, 3.05) is 11.9 Å². The molecule has 1 atom stereocenters. The summed E-state index contributed by atoms with van der Waals surface area (Å²) in [6.07, 6.45) is 0. The Hall–Kier alpha value is -2.89. The van der Waals surface area contributed by atoms with Crippen LogP contribution >= 0.6 is 7.52 Å². The van der Waals surface area contributed by atoms with E-state index in [9.17, 15) is 14.5 Å². The molecule has 0 spiro atoms. The van der Waals surface area contributed by atoms with Crippen LogP contribution < -0.4 is 16.2 Å². The van der Waals surface area contributed by atoms with Crippen LogP contribution in [0.3, 0.4) is 0 Å². The number of aryl methyl sites for hydroxylation is 1. The van der Waals surface area contributed by atoms with Gasteiger partial charge in [-0.1, -0.05) is 52.0 Å². The second-order valence-corrected chi connectivity index (χ2v) is 8.11. The van der Waals surface area contributed by atoms with Crippen LogP contribution in [-0.2, 0) is 16.1 Å². The number of aromatic nitrogens is 1. The van der Waals surface area contributed by atoms with Crippen LogP contribution in [-0.4, -0.2) is 22.1 Å². The van der Waals surface area contributed by atoms with Crippen molar-refractivity contribution in [3.63, 3.8) is 0 Å². The number of para-hydroxylation sites is 2. The number of anilines is 1. The fourth-order valence-corrected chi connectivity index (χ4v) is 5.02. The largest absolute Gasteiger partial charge is 0.506 e. The molecular formula is C23H30N3O4P. The maximum atomic E-state index is 13.4. The SMILES string of the molecule is CC.CC.CCOP1(=O)N=C(c2c(O)c3ccccc3n(C)c2=O)Nc2ccccc21. The number of benzene rings is 2. The van der Waals surface area contributed by atoms with Gasteiger partial charge in [0.1, 0.15) is 11.3 Å². The lowest BCUT2D eigenvalue weighted by molar-refractivity contribution is 0.341. The van der Waals surface area contributed by atoms with Crippen molar-refractivity contribution in [3.8, 4) is 5.75 Å². The Labute approximate surface area is 182 Å². The van der Waals surface area contributed by atoms with Gasteiger partial charge in [-0.3, -0.25) is 9.36 Å². The minimum Gasteiger partial charge on any atom is -0.506 e. The van der Waals surface area contributed by atoms with Crippen LogP contribution in [0.5, 0.6) is 5.75 Å². The summed E-state index contributed by atoms with van der Waals surface area (Å²) in [5, 5.41) is 14.8. The Morgan fingerprint density at radius 3 is 2.35 bits per heavy atom. The van der Waals surface area contributed by atoms with Crippen LogP contribution in [0, 0.1) is 0 Å². The van der Waals surface area contributed by atoms with Gasteiger partial charge in [0.05, 0.1) is 23.1 Å². The molecule has 1 unspecified atom stereocenters. The predicted molar refractivity (Wildman–Crippen MR) is 129 cm³/mol. The third-order valence-electron chi connectivity index (χ3n) is 4.51. The average Bonchev–Trinajstić information content (AvgIpc) is 2.80. The molecule has 0 saturated heterocycles. The molecule has 7 nitrogen and oxygen atoms in total. The molecule has 0 radical (unpaired) electrons. The molecule has 2 aromatic carbocycles. The number of amidine groups is 1. The molecular weight excluding hydrogens is 413 g/mol. The summed E-state index contributed by atoms with van der Waals surface area (Å²) < 4.78 is 24.5. The summed E-state index contributed by atoms with van der Waals surface area (Å²) in [4.78, 5) is 12.9. The molecule has 0 amide bonds. The van der Waals surface area contributed by atoms with E-state index in [0.717, 1.165) is 0 Å². The van der Waals surface area contributed by atoms with Gasteiger partial charge < -0.3 is 19.5 Å². The van der Waals surface area contributed by atoms with Gasteiger partial charge >= 0.3 is 7.52 Å². The Balaban J connectivity index is 0.000000807. The van der Waals surface area contributed by atoms with Gasteiger partial charge in [-0.25, -0.2) is 0 Å². The zero-order valence-corrected chi connectivity index (χ0v) is 19.7. The number of fused-ring (bicyclic) bond motifs is 2. The molecule has 1 aliphatic rings. The van der Waals surface area contributed by atoms with E-state index in [1.165, 1.54) is 4.57 Å². The molecule has 31 heavy (non-hydrogen) atoms. The molecule has 166 valence electrons. The van der Waals surface area contributed by atoms with Gasteiger partial charge in [0.15, 0.2) is 5.84 Å². The van der Waals surface area contributed by atoms with E-state index in [2.05, 4.69) is 10.1 Å². The quantitative estimate of drug-likeness (QED) is 0.554. The zero-order valence-electron chi connectivity index (χ0n) is 18.8. The molecule has 2 N–H and O–H groups in total. The summed E-state index contributed by atoms with van der Waals surface area (Å²) in [5.41, 5.74) is 0.646. The fourth-order valence-electron chi connectivity index (χ4n) is 3.24. The van der Waals surface area contributed by atoms with E-state index >= 15 is 0 Å². The normalized spacial score (nSPS) is 16.6. The molecule has 4 rings (SSSR count). The zero-order chi connectivity index (χ0) is 23.2. The average molecular weight is 443 g/mol. The van der Waals surface area contributed by atoms with Crippen molar-refractivity contribution < 1.29 is 14.2 Å². The van der Waals surface area contributed by atoms with E-state index in [1.807, 2.05) is 27.7 Å². The highest BCUT2D eigenvalue weighted by Gasteiger charge is 2.35. The van der Waals surface area contributed by atoms with Crippen LogP contribution in [0.4, 0.5) is 5.69 Å². The minimum absolute atomic E-state index is 0.0364. The highest BCUT2D eigenvalue weighted by Crippen LogP contribution is 2.51. The monoisotopic (exact) mass is 443 g/mol. The molecule has 8 heteroatoms. The number of aromatic hydroxyl groups is 1. The molecule has 2 heterocycles. The van der Waals surface area contributed by atoms with E-state index in [0.29, 0.717) is 21.9 Å². The molecule has 0 bridgehead atoms. The van der Waals surface area contributed by atoms with Crippen LogP contribution in [0.1, 0.15) is 40.2 Å². The Kier molecular flexibility index (Phi) is 8.20. The van der Waals surface area contributed by atoms with E-state index < -0.39 is 13.1 Å². The summed E-state index contributed by atoms with van der Waals surface area (Å²) in [7, 11) is -1.96. The van der Waals surface area contributed by atoms with Gasteiger partial charge in [0, 0.05) is 12.4 Å². The lowest BCUT2D eigenvalue weighted by atomic mass is 10.1. The number of nitrogens with one attached hydrogen (secondary N) is 1. The Morgan fingerprint density at radius 2 is 1.68 bits per heavy atom. The van der Waals surface area contributed by atoms with Crippen LogP contribution in [0.15, 0.2) is 58.1 Å². The first-order valence-corrected chi connectivity index (χ1v) is 12.1. The van der Waals surface area contributed by atoms with Crippen molar-refractivity contribution in [1.82, 2.24) is 4.57 Å². The maximum Gasteiger partial charge on any atom is 0.348 e. The first-order chi connectivity index (χ1) is 15.0. The maximum absolute atomic E-state index is 13.4. The van der Waals surface area contributed by atoms with E-state index in [4.69, 9.17) is 4.52 Å². The smallest absolute Gasteiger partial charge is 0.348 e. The summed E-state index contributed by atoms with van der Waals surface area (Å²) >= 11 is 0. The van der Waals surface area contributed by atoms with E-state index in [-0.39, 0.29) is 23.8 Å². The van der Waals surface area contributed by atoms with Gasteiger partial charge in [0.25, 0.3) is 5.56 Å². The molecule has 3 aromatic rings. The van der Waals surface area contributed by atoms with Gasteiger partial charge in [-0.05, 0) is 31.2 Å². The number of rotatable bonds is 3. The van der Waals surface area contributed by atoms with E-state index in [1.54, 1.807) is 62.5 Å². The third-order valence-corrected chi connectivity index (χ3v) is 6.58. The van der Waals surface area contributed by atoms with Gasteiger partial charge in [-0.2, -0.15) is 4.76 Å². The minimum atomic E-state index is -3.57. The number of hydrogen-bond acceptors (Lipinski definition) is 5. The molecule has 0 fully saturated rings. The molecule has 0 aliphatic carbocycles. The third kappa shape index (κ3) is 4.43. The number of pyridine rings is 1. The topological polar surface area (TPSA) is 92.9 Å². The number of nitrogens with zero attached hydrogens (tertiary/aromatic N) is 2. The van der Waals surface area contributed by atoms with Crippen molar-refractivity contribution >= 4 is 35.3 Å². The first-order valence-electron chi connectivity index (χ1n) is 10.5. The molecule has 1 aliphatic heterocycles. The highest BCUT2D eigenvalue weighted by atomic mass is 31.2. The Morgan fingerprint density at radius 1 is 1.06 bits per heavy atom. The van der Waals surface area contributed by atoms with Crippen molar-refractivity contribution in [2.24, 2.45) is 11.8 Å². The predicted octanol–water partition coefficient (Wildman–Crippen LogP) is 5.02. The second-order valence-electron chi connectivity index (χ2n) is 6.13. The lowest BCUT2D eigenvalue weighted by Gasteiger charge is -2.25. The first kappa shape index (κ1) is 24.4. The van der Waals surface area contributed by atoms with Gasteiger partial charge in [-0.15, -0.1) is 0 Å². The second kappa shape index (κ2) is 10.4. The summed E-state index contributed by atoms with van der Waals surface area (Å²) in [6, 6.07) is 14.0. The van der Waals surface area contributed by atoms with Crippen LogP contribution in [0.2, 0.25) is 0 Å². The van der Waals surface area contributed by atoms with Crippen molar-refractivity contribution in [1.29, 1.82) is 0 Å². The Bertz CT molecular complexity index is 1200. The van der Waals surface area contributed by atoms with Crippen molar-refractivity contribution in [3.05, 3.63) is 64.4 Å². The number of hydrogen-bond donors (Lipinski definition) is 2. The summed E-state index contributed by atoms with van der Waals surface area (Å²) in [6.45, 7) is 9.93. The summed E-state index contributed by atoms with van der Waals surface area (Å²) in [5.74, 6) is -0.170. The highest BCUT2D eigenvalue weighted by molar-refractivity contribution is 7.66. The standard InChI is InChI=1S/C19H18N3O4P.2C2H6/c1-3-26-27(25)15-11-7-5-9-13(15)20-18(21-27)16-17(23)12-8-4-6-10-14(12)22(2)19(16)24;2*1-2/h4-11,23H,3H2,1-2H3,(H,20,21,25);2*1-2H3. The molecule has 1 aromatic heterocycles. The van der Waals surface area contributed by atoms with Crippen molar-refractivity contribution in [2.45, 2.75) is 34.6 Å². The lowest BCUT2D eigenvalue weighted by Crippen LogP contribution is -2.32. The molecule has 0 saturated carbocycles. The van der Waals surface area contributed by atoms with Gasteiger partial charge in [0.2, 0.25) is 0 Å². The van der Waals surface area contributed by atoms with Crippen LogP contribution in [0.25, 0.3) is 10.9 Å².